The van der Waals surface area contributed by atoms with E-state index >= 15 is 0 Å². The first-order chi connectivity index (χ1) is 10.9. The predicted molar refractivity (Wildman–Crippen MR) is 87.0 cm³/mol. The average molecular weight is 381 g/mol. The van der Waals surface area contributed by atoms with Gasteiger partial charge in [-0.2, -0.15) is 0 Å². The summed E-state index contributed by atoms with van der Waals surface area (Å²) >= 11 is 3.34. The van der Waals surface area contributed by atoms with Crippen molar-refractivity contribution in [2.75, 3.05) is 7.11 Å². The van der Waals surface area contributed by atoms with E-state index in [0.29, 0.717) is 5.56 Å². The first-order valence-corrected chi connectivity index (χ1v) is 7.81. The summed E-state index contributed by atoms with van der Waals surface area (Å²) in [6, 6.07) is 7.06. The molecule has 0 N–H and O–H groups in total. The summed E-state index contributed by atoms with van der Waals surface area (Å²) < 4.78 is 10.7. The number of amides is 1. The molecule has 0 saturated carbocycles. The van der Waals surface area contributed by atoms with Crippen molar-refractivity contribution < 1.29 is 18.7 Å². The van der Waals surface area contributed by atoms with Crippen LogP contribution in [0.1, 0.15) is 40.6 Å². The van der Waals surface area contributed by atoms with Gasteiger partial charge in [-0.15, -0.1) is 0 Å². The second-order valence-corrected chi connectivity index (χ2v) is 6.07. The molecule has 6 nitrogen and oxygen atoms in total. The Bertz CT molecular complexity index is 694. The number of ether oxygens (including phenoxy) is 1. The van der Waals surface area contributed by atoms with Crippen LogP contribution >= 0.6 is 15.9 Å². The number of hydrogen-bond acceptors (Lipinski definition) is 5. The van der Waals surface area contributed by atoms with Crippen molar-refractivity contribution in [2.24, 2.45) is 0 Å². The Hall–Kier alpha value is -2.15. The molecule has 2 aromatic rings. The number of benzene rings is 1. The molecule has 0 unspecified atom stereocenters. The molecule has 0 spiro atoms. The van der Waals surface area contributed by atoms with Gasteiger partial charge < -0.3 is 14.1 Å². The zero-order chi connectivity index (χ0) is 17.0. The Morgan fingerprint density at radius 2 is 1.96 bits per heavy atom. The third kappa shape index (κ3) is 4.19. The van der Waals surface area contributed by atoms with Crippen molar-refractivity contribution >= 4 is 27.8 Å². The minimum absolute atomic E-state index is 0.0559. The highest BCUT2D eigenvalue weighted by atomic mass is 79.9. The number of rotatable bonds is 5. The second kappa shape index (κ2) is 7.41. The smallest absolute Gasteiger partial charge is 0.360 e. The quantitative estimate of drug-likeness (QED) is 0.744. The van der Waals surface area contributed by atoms with Crippen molar-refractivity contribution in [3.63, 3.8) is 0 Å². The van der Waals surface area contributed by atoms with Crippen LogP contribution in [0.25, 0.3) is 0 Å². The molecule has 23 heavy (non-hydrogen) atoms. The molecule has 1 amide bonds. The summed E-state index contributed by atoms with van der Waals surface area (Å²) in [7, 11) is 1.27. The molecule has 0 fully saturated rings. The van der Waals surface area contributed by atoms with E-state index < -0.39 is 5.97 Å². The van der Waals surface area contributed by atoms with Gasteiger partial charge in [-0.25, -0.2) is 9.78 Å². The number of esters is 1. The lowest BCUT2D eigenvalue weighted by atomic mass is 10.1. The van der Waals surface area contributed by atoms with Crippen molar-refractivity contribution in [1.82, 2.24) is 9.88 Å². The lowest BCUT2D eigenvalue weighted by Gasteiger charge is -2.25. The van der Waals surface area contributed by atoms with Crippen molar-refractivity contribution in [2.45, 2.75) is 26.4 Å². The van der Waals surface area contributed by atoms with Gasteiger partial charge in [0.05, 0.1) is 13.7 Å². The van der Waals surface area contributed by atoms with Gasteiger partial charge in [0, 0.05) is 16.1 Å². The molecule has 0 saturated heterocycles. The van der Waals surface area contributed by atoms with E-state index in [0.717, 1.165) is 4.47 Å². The SMILES string of the molecule is COC(=O)c1coc(CN(C(=O)c2ccc(Br)cc2)C(C)C)n1. The van der Waals surface area contributed by atoms with E-state index in [2.05, 4.69) is 25.7 Å². The highest BCUT2D eigenvalue weighted by Gasteiger charge is 2.22. The Kier molecular flexibility index (Phi) is 5.54. The van der Waals surface area contributed by atoms with E-state index in [9.17, 15) is 9.59 Å². The highest BCUT2D eigenvalue weighted by Crippen LogP contribution is 2.16. The molecule has 0 bridgehead atoms. The van der Waals surface area contributed by atoms with Gasteiger partial charge in [0.15, 0.2) is 5.69 Å². The fourth-order valence-corrected chi connectivity index (χ4v) is 2.24. The molecule has 122 valence electrons. The summed E-state index contributed by atoms with van der Waals surface area (Å²) in [5.41, 5.74) is 0.656. The maximum absolute atomic E-state index is 12.6. The van der Waals surface area contributed by atoms with Gasteiger partial charge in [0.1, 0.15) is 6.26 Å². The second-order valence-electron chi connectivity index (χ2n) is 5.15. The van der Waals surface area contributed by atoms with Crippen LogP contribution in [0.4, 0.5) is 0 Å². The first-order valence-electron chi connectivity index (χ1n) is 7.01. The summed E-state index contributed by atoms with van der Waals surface area (Å²) in [6.45, 7) is 3.98. The van der Waals surface area contributed by atoms with Gasteiger partial charge in [-0.1, -0.05) is 15.9 Å². The molecule has 0 aliphatic carbocycles. The lowest BCUT2D eigenvalue weighted by Crippen LogP contribution is -2.36. The molecule has 1 aromatic carbocycles. The first kappa shape index (κ1) is 17.2. The number of halogens is 1. The fourth-order valence-electron chi connectivity index (χ4n) is 1.97. The monoisotopic (exact) mass is 380 g/mol. The summed E-state index contributed by atoms with van der Waals surface area (Å²) in [5.74, 6) is -0.426. The van der Waals surface area contributed by atoms with E-state index in [1.165, 1.54) is 13.4 Å². The van der Waals surface area contributed by atoms with E-state index in [1.54, 1.807) is 17.0 Å². The van der Waals surface area contributed by atoms with Gasteiger partial charge in [0.2, 0.25) is 5.89 Å². The van der Waals surface area contributed by atoms with Gasteiger partial charge in [-0.05, 0) is 38.1 Å². The number of carbonyl (C=O) groups excluding carboxylic acids is 2. The molecule has 2 rings (SSSR count). The Morgan fingerprint density at radius 3 is 2.52 bits per heavy atom. The molecule has 0 atom stereocenters. The van der Waals surface area contributed by atoms with Gasteiger partial charge >= 0.3 is 5.97 Å². The summed E-state index contributed by atoms with van der Waals surface area (Å²) in [4.78, 5) is 29.7. The Morgan fingerprint density at radius 1 is 1.30 bits per heavy atom. The number of carbonyl (C=O) groups is 2. The molecule has 0 aliphatic rings. The summed E-state index contributed by atoms with van der Waals surface area (Å²) in [6.07, 6.45) is 1.23. The number of hydrogen-bond donors (Lipinski definition) is 0. The van der Waals surface area contributed by atoms with Crippen LogP contribution in [-0.4, -0.2) is 34.9 Å². The average Bonchev–Trinajstić information content (AvgIpc) is 3.00. The Balaban J connectivity index is 2.18. The highest BCUT2D eigenvalue weighted by molar-refractivity contribution is 9.10. The standard InChI is InChI=1S/C16H17BrN2O4/c1-10(2)19(15(20)11-4-6-12(17)7-5-11)8-14-18-13(9-23-14)16(21)22-3/h4-7,9-10H,8H2,1-3H3. The number of oxazole rings is 1. The van der Waals surface area contributed by atoms with Crippen LogP contribution in [0, 0.1) is 0 Å². The number of aromatic nitrogens is 1. The minimum Gasteiger partial charge on any atom is -0.464 e. The normalized spacial score (nSPS) is 10.7. The maximum atomic E-state index is 12.6. The van der Waals surface area contributed by atoms with Crippen LogP contribution in [0.3, 0.4) is 0 Å². The molecular formula is C16H17BrN2O4. The number of methoxy groups -OCH3 is 1. The van der Waals surface area contributed by atoms with E-state index in [-0.39, 0.29) is 30.1 Å². The molecule has 0 radical (unpaired) electrons. The van der Waals surface area contributed by atoms with Crippen LogP contribution in [-0.2, 0) is 11.3 Å². The Labute approximate surface area is 142 Å². The molecular weight excluding hydrogens is 364 g/mol. The zero-order valence-corrected chi connectivity index (χ0v) is 14.7. The van der Waals surface area contributed by atoms with E-state index in [1.807, 2.05) is 26.0 Å². The van der Waals surface area contributed by atoms with Gasteiger partial charge in [-0.3, -0.25) is 4.79 Å². The van der Waals surface area contributed by atoms with Crippen molar-refractivity contribution in [3.05, 3.63) is 52.1 Å². The molecule has 1 heterocycles. The molecule has 0 aliphatic heterocycles. The summed E-state index contributed by atoms with van der Waals surface area (Å²) in [5, 5.41) is 0. The predicted octanol–water partition coefficient (Wildman–Crippen LogP) is 3.27. The molecule has 7 heteroatoms. The third-order valence-corrected chi connectivity index (χ3v) is 3.76. The van der Waals surface area contributed by atoms with Crippen LogP contribution in [0.2, 0.25) is 0 Å². The minimum atomic E-state index is -0.574. The molecule has 1 aromatic heterocycles. The van der Waals surface area contributed by atoms with Crippen molar-refractivity contribution in [1.29, 1.82) is 0 Å². The van der Waals surface area contributed by atoms with Gasteiger partial charge in [0.25, 0.3) is 5.91 Å². The fraction of sp³-hybridized carbons (Fsp3) is 0.312. The zero-order valence-electron chi connectivity index (χ0n) is 13.1. The van der Waals surface area contributed by atoms with Crippen molar-refractivity contribution in [3.8, 4) is 0 Å². The van der Waals surface area contributed by atoms with E-state index in [4.69, 9.17) is 4.42 Å². The van der Waals surface area contributed by atoms with Crippen LogP contribution in [0.5, 0.6) is 0 Å². The van der Waals surface area contributed by atoms with Crippen LogP contribution in [0.15, 0.2) is 39.4 Å². The van der Waals surface area contributed by atoms with Crippen LogP contribution < -0.4 is 0 Å². The largest absolute Gasteiger partial charge is 0.464 e. The third-order valence-electron chi connectivity index (χ3n) is 3.23. The topological polar surface area (TPSA) is 72.6 Å². The lowest BCUT2D eigenvalue weighted by molar-refractivity contribution is 0.0593. The maximum Gasteiger partial charge on any atom is 0.360 e. The number of nitrogens with zero attached hydrogens (tertiary/aromatic N) is 2.